The molecule has 0 aliphatic carbocycles. The van der Waals surface area contributed by atoms with Crippen molar-refractivity contribution in [2.45, 2.75) is 26.2 Å². The fourth-order valence-electron chi connectivity index (χ4n) is 10.2. The first-order valence-corrected chi connectivity index (χ1v) is 23.2. The summed E-state index contributed by atoms with van der Waals surface area (Å²) in [5.41, 5.74) is 16.0. The molecule has 2 aromatic heterocycles. The Bertz CT molecular complexity index is 3970. The third-order valence-electron chi connectivity index (χ3n) is 13.1. The van der Waals surface area contributed by atoms with Crippen molar-refractivity contribution in [1.82, 2.24) is 14.1 Å². The van der Waals surface area contributed by atoms with Crippen molar-refractivity contribution in [2.75, 3.05) is 9.62 Å². The molecule has 0 bridgehead atoms. The summed E-state index contributed by atoms with van der Waals surface area (Å²) in [7, 11) is 0. The first-order valence-electron chi connectivity index (χ1n) is 24.6. The fourth-order valence-corrected chi connectivity index (χ4v) is 11.3. The maximum atomic E-state index is 9.18. The quantitative estimate of drug-likeness (QED) is 0.156. The molecule has 0 radical (unpaired) electrons. The number of nitrogens with zero attached hydrogens (tertiary/aromatic N) is 5. The summed E-state index contributed by atoms with van der Waals surface area (Å²) < 4.78 is 56.1. The van der Waals surface area contributed by atoms with Gasteiger partial charge in [0.15, 0.2) is 0 Å². The number of benzene rings is 8. The Morgan fingerprint density at radius 2 is 1.17 bits per heavy atom. The van der Waals surface area contributed by atoms with Gasteiger partial charge in [0.2, 0.25) is 0 Å². The van der Waals surface area contributed by atoms with E-state index >= 15 is 0 Å². The van der Waals surface area contributed by atoms with E-state index in [0.717, 1.165) is 65.5 Å². The molecule has 0 fully saturated rings. The van der Waals surface area contributed by atoms with Gasteiger partial charge in [0.1, 0.15) is 0 Å². The molecular weight excluding hydrogens is 989 g/mol. The van der Waals surface area contributed by atoms with Crippen LogP contribution in [0, 0.1) is 3.80 Å². The van der Waals surface area contributed by atoms with Crippen molar-refractivity contribution in [3.05, 3.63) is 209 Å². The van der Waals surface area contributed by atoms with Gasteiger partial charge in [-0.1, -0.05) is 42.5 Å². The van der Waals surface area contributed by atoms with Crippen LogP contribution >= 0.6 is 0 Å². The molecule has 66 heavy (non-hydrogen) atoms. The number of hydrogen-bond acceptors (Lipinski definition) is 4. The van der Waals surface area contributed by atoms with Gasteiger partial charge < -0.3 is 0 Å². The Balaban J connectivity index is 0.960. The summed E-state index contributed by atoms with van der Waals surface area (Å²) in [6, 6.07) is 56.6. The van der Waals surface area contributed by atoms with Crippen molar-refractivity contribution in [3.8, 4) is 67.5 Å². The monoisotopic (exact) mass is 1040 g/mol. The number of imidazole rings is 1. The first kappa shape index (κ1) is 34.0. The predicted molar refractivity (Wildman–Crippen MR) is 267 cm³/mol. The molecule has 10 aromatic rings. The minimum atomic E-state index is -0.432. The number of ether oxygens (including phenoxy) is 1. The van der Waals surface area contributed by atoms with Crippen LogP contribution in [0.5, 0.6) is 11.6 Å². The van der Waals surface area contributed by atoms with Crippen molar-refractivity contribution in [3.63, 3.8) is 0 Å². The molecule has 0 saturated heterocycles. The number of fused-ring (bicyclic) bond motifs is 10. The average Bonchev–Trinajstić information content (AvgIpc) is 3.90. The van der Waals surface area contributed by atoms with Gasteiger partial charge in [-0.25, -0.2) is 0 Å². The summed E-state index contributed by atoms with van der Waals surface area (Å²) in [4.78, 5) is 10.1. The second-order valence-corrected chi connectivity index (χ2v) is 19.0. The van der Waals surface area contributed by atoms with Crippen LogP contribution in [0.25, 0.3) is 66.9 Å². The van der Waals surface area contributed by atoms with E-state index in [0.29, 0.717) is 22.9 Å². The number of rotatable bonds is 6. The van der Waals surface area contributed by atoms with E-state index in [-0.39, 0.29) is 42.1 Å². The Kier molecular flexibility index (Phi) is 7.61. The van der Waals surface area contributed by atoms with Gasteiger partial charge in [-0.3, -0.25) is 0 Å². The van der Waals surface area contributed by atoms with Crippen LogP contribution in [0.2, 0.25) is 0 Å². The third-order valence-corrected chi connectivity index (χ3v) is 14.2. The maximum absolute atomic E-state index is 9.18. The van der Waals surface area contributed by atoms with E-state index in [2.05, 4.69) is 168 Å². The van der Waals surface area contributed by atoms with Gasteiger partial charge in [0, 0.05) is 11.3 Å². The number of hydrogen-bond donors (Lipinski definition) is 0. The molecule has 13 rings (SSSR count). The number of aromatic nitrogens is 3. The molecule has 8 aromatic carbocycles. The summed E-state index contributed by atoms with van der Waals surface area (Å²) in [6.07, 6.45) is 0. The van der Waals surface area contributed by atoms with E-state index in [1.54, 1.807) is 0 Å². The van der Waals surface area contributed by atoms with Crippen molar-refractivity contribution < 1.29 is 30.9 Å². The zero-order chi connectivity index (χ0) is 48.6. The predicted octanol–water partition coefficient (Wildman–Crippen LogP) is 14.0. The SMILES string of the molecule is [2H]c1c([2H])c([2H])c(-c2cccc(-c3cccc(C(C)(C)C)c3)c2-n2[c](=[Pt])n(-c3cccc(Oc4ccc5c(n4)N4B6c7c(cccc7-5)-c5ccccc5N6c5ccccc54)c3)c3ccccc32)c([2H])c1[2H]. The van der Waals surface area contributed by atoms with Gasteiger partial charge in [-0.2, -0.15) is 0 Å². The molecule has 0 atom stereocenters. The van der Waals surface area contributed by atoms with E-state index in [1.165, 1.54) is 22.3 Å². The van der Waals surface area contributed by atoms with Crippen molar-refractivity contribution in [1.29, 1.82) is 0 Å². The van der Waals surface area contributed by atoms with Crippen molar-refractivity contribution >= 4 is 46.4 Å². The standard InChI is InChI=1S/C58H42BN5O.Pt/c1-58(2,3)40-20-13-19-39(35-40)44-25-15-24-43(38-17-5-4-6-18-38)56(44)62-37-61(50-29-9-10-30-51(50)62)41-21-14-22-42(36-41)65-54-34-33-48-47-27-16-26-46-45-23-7-8-28-49(45)63-52-31-11-12-32-53(52)64(57(48)60-54)59(63)55(46)47;/h4-36H,1-3H3;/i4D,5D,6D,17D,18D;. The van der Waals surface area contributed by atoms with Crippen LogP contribution in [-0.2, 0) is 24.8 Å². The zero-order valence-corrected chi connectivity index (χ0v) is 38.5. The third kappa shape index (κ3) is 5.86. The molecule has 3 aliphatic heterocycles. The van der Waals surface area contributed by atoms with Crippen LogP contribution < -0.4 is 19.8 Å². The molecule has 6 nitrogen and oxygen atoms in total. The zero-order valence-electron chi connectivity index (χ0n) is 41.2. The van der Waals surface area contributed by atoms with Gasteiger partial charge in [-0.15, -0.1) is 0 Å². The van der Waals surface area contributed by atoms with Crippen molar-refractivity contribution in [2.24, 2.45) is 0 Å². The van der Waals surface area contributed by atoms with Crippen LogP contribution in [0.3, 0.4) is 0 Å². The van der Waals surface area contributed by atoms with Crippen LogP contribution in [0.15, 0.2) is 200 Å². The first-order chi connectivity index (χ1) is 34.4. The molecule has 0 spiro atoms. The van der Waals surface area contributed by atoms with Gasteiger partial charge in [-0.05, 0) is 17.7 Å². The molecule has 0 N–H and O–H groups in total. The minimum absolute atomic E-state index is 0.114. The second kappa shape index (κ2) is 14.8. The average molecular weight is 1040 g/mol. The summed E-state index contributed by atoms with van der Waals surface area (Å²) in [5, 5.41) is 0. The Labute approximate surface area is 402 Å². The molecule has 3 aliphatic rings. The molecular formula is C58H42BN5OPt. The molecule has 0 amide bonds. The number of pyridine rings is 1. The molecule has 5 heterocycles. The summed E-state index contributed by atoms with van der Waals surface area (Å²) in [6.45, 7) is 6.44. The second-order valence-electron chi connectivity index (χ2n) is 17.9. The molecule has 0 unspecified atom stereocenters. The van der Waals surface area contributed by atoms with E-state index in [9.17, 15) is 2.74 Å². The Morgan fingerprint density at radius 3 is 1.94 bits per heavy atom. The normalized spacial score (nSPS) is 14.1. The summed E-state index contributed by atoms with van der Waals surface area (Å²) in [5.74, 6) is 1.89. The number of para-hydroxylation sites is 6. The van der Waals surface area contributed by atoms with Gasteiger partial charge >= 0.3 is 333 Å². The molecule has 8 heteroatoms. The van der Waals surface area contributed by atoms with Gasteiger partial charge in [0.25, 0.3) is 0 Å². The molecule has 318 valence electrons. The van der Waals surface area contributed by atoms with E-state index < -0.39 is 6.04 Å². The Morgan fingerprint density at radius 1 is 0.545 bits per heavy atom. The number of anilines is 4. The Hall–Kier alpha value is -7.47. The molecule has 0 saturated carbocycles. The summed E-state index contributed by atoms with van der Waals surface area (Å²) >= 11 is 2.35. The van der Waals surface area contributed by atoms with Gasteiger partial charge in [0.05, 0.1) is 0 Å². The van der Waals surface area contributed by atoms with E-state index in [4.69, 9.17) is 13.8 Å². The van der Waals surface area contributed by atoms with Crippen LogP contribution in [0.4, 0.5) is 22.9 Å². The fraction of sp³-hybridized carbons (Fsp3) is 0.0690. The van der Waals surface area contributed by atoms with Crippen LogP contribution in [0.1, 0.15) is 33.2 Å². The topological polar surface area (TPSA) is 38.5 Å². The van der Waals surface area contributed by atoms with Crippen LogP contribution in [-0.4, -0.2) is 21.1 Å². The van der Waals surface area contributed by atoms with E-state index in [1.807, 2.05) is 60.7 Å².